The molecule has 3 nitrogen and oxygen atoms in total. The van der Waals surface area contributed by atoms with Crippen molar-refractivity contribution in [1.82, 2.24) is 9.78 Å². The van der Waals surface area contributed by atoms with Crippen LogP contribution >= 0.6 is 0 Å². The number of aryl methyl sites for hydroxylation is 1. The Morgan fingerprint density at radius 1 is 1.47 bits per heavy atom. The first-order valence-electron chi connectivity index (χ1n) is 6.72. The molecule has 0 fully saturated rings. The molecule has 0 aliphatic heterocycles. The van der Waals surface area contributed by atoms with Gasteiger partial charge in [0.25, 0.3) is 0 Å². The molecule has 1 aromatic carbocycles. The van der Waals surface area contributed by atoms with E-state index in [9.17, 15) is 4.39 Å². The van der Waals surface area contributed by atoms with Crippen LogP contribution in [0.5, 0.6) is 0 Å². The van der Waals surface area contributed by atoms with Crippen LogP contribution < -0.4 is 5.73 Å². The number of fused-ring (bicyclic) bond motifs is 1. The van der Waals surface area contributed by atoms with Crippen LogP contribution in [-0.4, -0.2) is 16.3 Å². The normalized spacial score (nSPS) is 18.4. The lowest BCUT2D eigenvalue weighted by atomic mass is 9.84. The molecule has 0 saturated carbocycles. The second kappa shape index (κ2) is 4.78. The van der Waals surface area contributed by atoms with Crippen molar-refractivity contribution >= 4 is 0 Å². The third kappa shape index (κ3) is 2.06. The topological polar surface area (TPSA) is 43.8 Å². The maximum Gasteiger partial charge on any atom is 0.123 e. The Hall–Kier alpha value is -1.68. The smallest absolute Gasteiger partial charge is 0.123 e. The summed E-state index contributed by atoms with van der Waals surface area (Å²) in [5.41, 5.74) is 10.1. The lowest BCUT2D eigenvalue weighted by Gasteiger charge is -2.22. The van der Waals surface area contributed by atoms with Gasteiger partial charge in [-0.15, -0.1) is 0 Å². The second-order valence-corrected chi connectivity index (χ2v) is 5.17. The minimum Gasteiger partial charge on any atom is -0.330 e. The summed E-state index contributed by atoms with van der Waals surface area (Å²) in [6.07, 6.45) is 3.28. The van der Waals surface area contributed by atoms with Crippen molar-refractivity contribution in [2.45, 2.75) is 25.2 Å². The van der Waals surface area contributed by atoms with E-state index >= 15 is 0 Å². The number of hydrogen-bond donors (Lipinski definition) is 1. The third-order valence-electron chi connectivity index (χ3n) is 3.96. The van der Waals surface area contributed by atoms with E-state index < -0.39 is 0 Å². The summed E-state index contributed by atoms with van der Waals surface area (Å²) in [5.74, 6) is 0.118. The van der Waals surface area contributed by atoms with E-state index in [-0.39, 0.29) is 5.82 Å². The molecule has 1 heterocycles. The maximum atomic E-state index is 13.4. The molecule has 1 aliphatic rings. The standard InChI is InChI=1S/C15H18FN3/c1-19-13-7-3-5-11(9-17)14(13)15(18-19)10-4-2-6-12(16)8-10/h2,4,6,8,11H,3,5,7,9,17H2,1H3. The molecule has 1 atom stereocenters. The summed E-state index contributed by atoms with van der Waals surface area (Å²) in [5, 5.41) is 4.60. The minimum absolute atomic E-state index is 0.225. The highest BCUT2D eigenvalue weighted by Gasteiger charge is 2.27. The van der Waals surface area contributed by atoms with Crippen LogP contribution in [0.15, 0.2) is 24.3 Å². The first kappa shape index (κ1) is 12.4. The van der Waals surface area contributed by atoms with Crippen molar-refractivity contribution in [1.29, 1.82) is 0 Å². The van der Waals surface area contributed by atoms with Gasteiger partial charge in [-0.1, -0.05) is 12.1 Å². The van der Waals surface area contributed by atoms with Gasteiger partial charge in [0.05, 0.1) is 5.69 Å². The zero-order valence-corrected chi connectivity index (χ0v) is 11.1. The summed E-state index contributed by atoms with van der Waals surface area (Å²) < 4.78 is 15.3. The lowest BCUT2D eigenvalue weighted by Crippen LogP contribution is -2.19. The number of halogens is 1. The van der Waals surface area contributed by atoms with E-state index in [1.54, 1.807) is 12.1 Å². The predicted molar refractivity (Wildman–Crippen MR) is 73.3 cm³/mol. The molecule has 0 amide bonds. The maximum absolute atomic E-state index is 13.4. The zero-order chi connectivity index (χ0) is 13.4. The molecular weight excluding hydrogens is 241 g/mol. The predicted octanol–water partition coefficient (Wildman–Crippen LogP) is 2.60. The second-order valence-electron chi connectivity index (χ2n) is 5.17. The number of hydrogen-bond acceptors (Lipinski definition) is 2. The SMILES string of the molecule is Cn1nc(-c2cccc(F)c2)c2c1CCCC2CN. The zero-order valence-electron chi connectivity index (χ0n) is 11.1. The van der Waals surface area contributed by atoms with Crippen LogP contribution in [0.4, 0.5) is 4.39 Å². The molecule has 1 aliphatic carbocycles. The largest absolute Gasteiger partial charge is 0.330 e. The highest BCUT2D eigenvalue weighted by atomic mass is 19.1. The van der Waals surface area contributed by atoms with Gasteiger partial charge < -0.3 is 5.73 Å². The molecule has 1 unspecified atom stereocenters. The number of benzene rings is 1. The lowest BCUT2D eigenvalue weighted by molar-refractivity contribution is 0.541. The molecule has 2 N–H and O–H groups in total. The summed E-state index contributed by atoms with van der Waals surface area (Å²) in [6, 6.07) is 6.64. The van der Waals surface area contributed by atoms with Crippen LogP contribution in [0.1, 0.15) is 30.0 Å². The van der Waals surface area contributed by atoms with E-state index in [1.807, 2.05) is 17.8 Å². The van der Waals surface area contributed by atoms with Gasteiger partial charge in [-0.25, -0.2) is 4.39 Å². The summed E-state index contributed by atoms with van der Waals surface area (Å²) in [6.45, 7) is 0.626. The van der Waals surface area contributed by atoms with Crippen molar-refractivity contribution < 1.29 is 4.39 Å². The van der Waals surface area contributed by atoms with Gasteiger partial charge in [-0.05, 0) is 37.9 Å². The highest BCUT2D eigenvalue weighted by molar-refractivity contribution is 5.65. The van der Waals surface area contributed by atoms with E-state index in [0.29, 0.717) is 12.5 Å². The van der Waals surface area contributed by atoms with E-state index in [4.69, 9.17) is 5.73 Å². The minimum atomic E-state index is -0.225. The summed E-state index contributed by atoms with van der Waals surface area (Å²) in [7, 11) is 1.96. The fourth-order valence-electron chi connectivity index (χ4n) is 3.05. The summed E-state index contributed by atoms with van der Waals surface area (Å²) >= 11 is 0. The Labute approximate surface area is 112 Å². The van der Waals surface area contributed by atoms with E-state index in [2.05, 4.69) is 5.10 Å². The average molecular weight is 259 g/mol. The van der Waals surface area contributed by atoms with Crippen molar-refractivity contribution in [3.05, 3.63) is 41.3 Å². The van der Waals surface area contributed by atoms with Crippen LogP contribution in [0, 0.1) is 5.82 Å². The van der Waals surface area contributed by atoms with Crippen molar-refractivity contribution in [2.24, 2.45) is 12.8 Å². The third-order valence-corrected chi connectivity index (χ3v) is 3.96. The van der Waals surface area contributed by atoms with Gasteiger partial charge in [0.2, 0.25) is 0 Å². The van der Waals surface area contributed by atoms with E-state index in [1.165, 1.54) is 17.3 Å². The molecule has 3 rings (SSSR count). The molecular formula is C15H18FN3. The molecule has 1 aromatic heterocycles. The summed E-state index contributed by atoms with van der Waals surface area (Å²) in [4.78, 5) is 0. The van der Waals surface area contributed by atoms with Crippen molar-refractivity contribution in [3.63, 3.8) is 0 Å². The van der Waals surface area contributed by atoms with Gasteiger partial charge >= 0.3 is 0 Å². The molecule has 19 heavy (non-hydrogen) atoms. The van der Waals surface area contributed by atoms with Crippen LogP contribution in [0.25, 0.3) is 11.3 Å². The molecule has 0 radical (unpaired) electrons. The Morgan fingerprint density at radius 3 is 3.05 bits per heavy atom. The Balaban J connectivity index is 2.17. The van der Waals surface area contributed by atoms with Crippen LogP contribution in [0.2, 0.25) is 0 Å². The van der Waals surface area contributed by atoms with Gasteiger partial charge in [-0.3, -0.25) is 4.68 Å². The van der Waals surface area contributed by atoms with Crippen molar-refractivity contribution in [3.8, 4) is 11.3 Å². The van der Waals surface area contributed by atoms with Gasteiger partial charge in [0.1, 0.15) is 5.82 Å². The van der Waals surface area contributed by atoms with Crippen LogP contribution in [0.3, 0.4) is 0 Å². The van der Waals surface area contributed by atoms with Crippen molar-refractivity contribution in [2.75, 3.05) is 6.54 Å². The number of nitrogens with two attached hydrogens (primary N) is 1. The Bertz CT molecular complexity index is 603. The molecule has 0 spiro atoms. The molecule has 2 aromatic rings. The van der Waals surface area contributed by atoms with E-state index in [0.717, 1.165) is 30.5 Å². The average Bonchev–Trinajstić information content (AvgIpc) is 2.76. The fraction of sp³-hybridized carbons (Fsp3) is 0.400. The van der Waals surface area contributed by atoms with Crippen LogP contribution in [-0.2, 0) is 13.5 Å². The first-order chi connectivity index (χ1) is 9.20. The fourth-order valence-corrected chi connectivity index (χ4v) is 3.05. The van der Waals surface area contributed by atoms with Gasteiger partial charge in [0, 0.05) is 29.8 Å². The molecule has 0 saturated heterocycles. The quantitative estimate of drug-likeness (QED) is 0.901. The Kier molecular flexibility index (Phi) is 3.11. The number of nitrogens with zero attached hydrogens (tertiary/aromatic N) is 2. The monoisotopic (exact) mass is 259 g/mol. The number of aromatic nitrogens is 2. The van der Waals surface area contributed by atoms with Gasteiger partial charge in [0.15, 0.2) is 0 Å². The highest BCUT2D eigenvalue weighted by Crippen LogP contribution is 2.37. The molecule has 100 valence electrons. The molecule has 0 bridgehead atoms. The molecule has 4 heteroatoms. The first-order valence-corrected chi connectivity index (χ1v) is 6.72. The Morgan fingerprint density at radius 2 is 2.32 bits per heavy atom. The number of rotatable bonds is 2. The van der Waals surface area contributed by atoms with Gasteiger partial charge in [-0.2, -0.15) is 5.10 Å².